The minimum atomic E-state index is -0.406. The molecule has 3 aromatic rings. The third-order valence-electron chi connectivity index (χ3n) is 6.35. The number of hydrogen-bond acceptors (Lipinski definition) is 3. The van der Waals surface area contributed by atoms with Gasteiger partial charge in [0.25, 0.3) is 0 Å². The summed E-state index contributed by atoms with van der Waals surface area (Å²) >= 11 is 0. The van der Waals surface area contributed by atoms with Crippen LogP contribution < -0.4 is 9.47 Å². The SMILES string of the molecule is CCOc1ccc(-c2c(CN3CCS(C)(C)CC3)cc(C)n2-c2ccc(OC)cc2)cc1. The monoisotopic (exact) mass is 452 g/mol. The fraction of sp³-hybridized carbons (Fsp3) is 0.407. The molecule has 0 unspecified atom stereocenters. The molecule has 1 aliphatic heterocycles. The van der Waals surface area contributed by atoms with Crippen LogP contribution in [0.1, 0.15) is 18.2 Å². The van der Waals surface area contributed by atoms with Crippen molar-refractivity contribution in [1.29, 1.82) is 0 Å². The topological polar surface area (TPSA) is 26.6 Å². The van der Waals surface area contributed by atoms with Crippen LogP contribution in [0.15, 0.2) is 54.6 Å². The summed E-state index contributed by atoms with van der Waals surface area (Å²) in [6.07, 6.45) is 4.94. The van der Waals surface area contributed by atoms with Crippen molar-refractivity contribution in [3.63, 3.8) is 0 Å². The van der Waals surface area contributed by atoms with Gasteiger partial charge >= 0.3 is 0 Å². The Morgan fingerprint density at radius 3 is 2.12 bits per heavy atom. The Hall–Kier alpha value is -2.37. The molecule has 0 bridgehead atoms. The lowest BCUT2D eigenvalue weighted by molar-refractivity contribution is 0.293. The second-order valence-electron chi connectivity index (χ2n) is 9.10. The molecule has 1 fully saturated rings. The quantitative estimate of drug-likeness (QED) is 0.457. The highest BCUT2D eigenvalue weighted by Gasteiger charge is 2.24. The van der Waals surface area contributed by atoms with Crippen LogP contribution in [0.3, 0.4) is 0 Å². The molecule has 5 heteroatoms. The van der Waals surface area contributed by atoms with Crippen molar-refractivity contribution < 1.29 is 9.47 Å². The van der Waals surface area contributed by atoms with Crippen LogP contribution >= 0.6 is 10.0 Å². The normalized spacial score (nSPS) is 17.2. The van der Waals surface area contributed by atoms with E-state index in [1.807, 2.05) is 19.1 Å². The Labute approximate surface area is 194 Å². The summed E-state index contributed by atoms with van der Waals surface area (Å²) in [5.74, 6) is 4.46. The van der Waals surface area contributed by atoms with Crippen LogP contribution in [-0.2, 0) is 6.54 Å². The van der Waals surface area contributed by atoms with E-state index in [4.69, 9.17) is 9.47 Å². The molecule has 1 aromatic heterocycles. The van der Waals surface area contributed by atoms with Crippen molar-refractivity contribution in [2.24, 2.45) is 0 Å². The van der Waals surface area contributed by atoms with Crippen LogP contribution in [-0.4, -0.2) is 60.3 Å². The van der Waals surface area contributed by atoms with Gasteiger partial charge in [0.05, 0.1) is 19.4 Å². The van der Waals surface area contributed by atoms with Crippen LogP contribution in [0.2, 0.25) is 0 Å². The molecule has 0 saturated carbocycles. The van der Waals surface area contributed by atoms with Crippen LogP contribution in [0.4, 0.5) is 0 Å². The molecule has 2 heterocycles. The van der Waals surface area contributed by atoms with E-state index in [1.54, 1.807) is 7.11 Å². The molecule has 0 spiro atoms. The van der Waals surface area contributed by atoms with Gasteiger partial charge in [0.1, 0.15) is 11.5 Å². The molecule has 172 valence electrons. The van der Waals surface area contributed by atoms with E-state index in [1.165, 1.54) is 47.1 Å². The second kappa shape index (κ2) is 9.63. The first-order valence-electron chi connectivity index (χ1n) is 11.4. The van der Waals surface area contributed by atoms with Crippen LogP contribution in [0, 0.1) is 6.92 Å². The molecule has 0 atom stereocenters. The zero-order valence-electron chi connectivity index (χ0n) is 20.1. The van der Waals surface area contributed by atoms with E-state index in [2.05, 4.69) is 71.4 Å². The second-order valence-corrected chi connectivity index (χ2v) is 13.5. The Balaban J connectivity index is 1.73. The number of methoxy groups -OCH3 is 1. The highest BCUT2D eigenvalue weighted by molar-refractivity contribution is 8.32. The first kappa shape index (κ1) is 22.8. The zero-order chi connectivity index (χ0) is 22.7. The maximum Gasteiger partial charge on any atom is 0.119 e. The van der Waals surface area contributed by atoms with Crippen molar-refractivity contribution >= 4 is 10.0 Å². The van der Waals surface area contributed by atoms with Crippen molar-refractivity contribution in [2.75, 3.05) is 50.8 Å². The lowest BCUT2D eigenvalue weighted by atomic mass is 10.1. The molecule has 2 aromatic carbocycles. The van der Waals surface area contributed by atoms with Gasteiger partial charge in [-0.25, -0.2) is 10.0 Å². The van der Waals surface area contributed by atoms with E-state index < -0.39 is 10.0 Å². The largest absolute Gasteiger partial charge is 0.497 e. The Morgan fingerprint density at radius 1 is 0.906 bits per heavy atom. The molecule has 0 aliphatic carbocycles. The van der Waals surface area contributed by atoms with E-state index in [0.717, 1.165) is 23.7 Å². The predicted octanol–water partition coefficient (Wildman–Crippen LogP) is 5.74. The smallest absolute Gasteiger partial charge is 0.119 e. The van der Waals surface area contributed by atoms with Gasteiger partial charge in [-0.05, 0) is 104 Å². The summed E-state index contributed by atoms with van der Waals surface area (Å²) in [7, 11) is 1.30. The van der Waals surface area contributed by atoms with Gasteiger partial charge in [-0.1, -0.05) is 0 Å². The van der Waals surface area contributed by atoms with Crippen molar-refractivity contribution in [3.8, 4) is 28.4 Å². The highest BCUT2D eigenvalue weighted by Crippen LogP contribution is 2.42. The Morgan fingerprint density at radius 2 is 1.53 bits per heavy atom. The first-order chi connectivity index (χ1) is 15.4. The van der Waals surface area contributed by atoms with E-state index >= 15 is 0 Å². The van der Waals surface area contributed by atoms with Crippen molar-refractivity contribution in [1.82, 2.24) is 9.47 Å². The number of benzene rings is 2. The number of aromatic nitrogens is 1. The van der Waals surface area contributed by atoms with Gasteiger partial charge in [0.15, 0.2) is 0 Å². The van der Waals surface area contributed by atoms with Gasteiger partial charge in [-0.2, -0.15) is 0 Å². The number of nitrogens with zero attached hydrogens (tertiary/aromatic N) is 2. The highest BCUT2D eigenvalue weighted by atomic mass is 32.3. The fourth-order valence-electron chi connectivity index (χ4n) is 4.45. The van der Waals surface area contributed by atoms with E-state index in [9.17, 15) is 0 Å². The van der Waals surface area contributed by atoms with Gasteiger partial charge in [0.2, 0.25) is 0 Å². The molecular weight excluding hydrogens is 416 g/mol. The predicted molar refractivity (Wildman–Crippen MR) is 138 cm³/mol. The molecule has 0 radical (unpaired) electrons. The lowest BCUT2D eigenvalue weighted by Crippen LogP contribution is -2.37. The van der Waals surface area contributed by atoms with E-state index in [0.29, 0.717) is 6.61 Å². The maximum atomic E-state index is 5.69. The zero-order valence-corrected chi connectivity index (χ0v) is 20.9. The third kappa shape index (κ3) is 5.00. The number of aryl methyl sites for hydroxylation is 1. The number of ether oxygens (including phenoxy) is 2. The summed E-state index contributed by atoms with van der Waals surface area (Å²) in [6, 6.07) is 19.2. The molecular formula is C27H36N2O2S. The molecule has 32 heavy (non-hydrogen) atoms. The number of hydrogen-bond donors (Lipinski definition) is 0. The van der Waals surface area contributed by atoms with Crippen molar-refractivity contribution in [3.05, 3.63) is 65.9 Å². The van der Waals surface area contributed by atoms with Gasteiger partial charge < -0.3 is 14.0 Å². The first-order valence-corrected chi connectivity index (χ1v) is 14.2. The molecule has 4 nitrogen and oxygen atoms in total. The van der Waals surface area contributed by atoms with Gasteiger partial charge in [-0.3, -0.25) is 4.90 Å². The standard InChI is InChI=1S/C27H36N2O2S/c1-6-31-26-11-7-22(8-12-26)27-23(20-28-15-17-32(4,5)18-16-28)19-21(2)29(27)24-9-13-25(30-3)14-10-24/h7-14,19H,6,15-18,20H2,1-5H3. The van der Waals surface area contributed by atoms with E-state index in [-0.39, 0.29) is 0 Å². The van der Waals surface area contributed by atoms with Crippen LogP contribution in [0.25, 0.3) is 16.9 Å². The summed E-state index contributed by atoms with van der Waals surface area (Å²) in [4.78, 5) is 2.63. The molecule has 1 aliphatic rings. The van der Waals surface area contributed by atoms with Crippen molar-refractivity contribution in [2.45, 2.75) is 20.4 Å². The summed E-state index contributed by atoms with van der Waals surface area (Å²) < 4.78 is 13.4. The maximum absolute atomic E-state index is 5.69. The summed E-state index contributed by atoms with van der Waals surface area (Å²) in [5, 5.41) is 0. The molecule has 4 rings (SSSR count). The average molecular weight is 453 g/mol. The van der Waals surface area contributed by atoms with Gasteiger partial charge in [0, 0.05) is 31.0 Å². The fourth-order valence-corrected chi connectivity index (χ4v) is 6.15. The third-order valence-corrected chi connectivity index (χ3v) is 8.92. The molecule has 0 amide bonds. The minimum absolute atomic E-state index is 0.406. The lowest BCUT2D eigenvalue weighted by Gasteiger charge is -2.41. The summed E-state index contributed by atoms with van der Waals surface area (Å²) in [5.41, 5.74) is 6.28. The average Bonchev–Trinajstić information content (AvgIpc) is 3.11. The van der Waals surface area contributed by atoms with Gasteiger partial charge in [-0.15, -0.1) is 0 Å². The number of rotatable bonds is 7. The Kier molecular flexibility index (Phi) is 6.87. The van der Waals surface area contributed by atoms with Crippen LogP contribution in [0.5, 0.6) is 11.5 Å². The molecule has 1 saturated heterocycles. The Bertz CT molecular complexity index is 1030. The minimum Gasteiger partial charge on any atom is -0.497 e. The summed E-state index contributed by atoms with van der Waals surface area (Å²) in [6.45, 7) is 8.28. The molecule has 0 N–H and O–H groups in total.